The molecule has 11 heteroatoms. The third-order valence-electron chi connectivity index (χ3n) is 6.30. The van der Waals surface area contributed by atoms with Gasteiger partial charge < -0.3 is 16.0 Å². The molecule has 0 aromatic carbocycles. The second-order valence-electron chi connectivity index (χ2n) is 9.22. The molecule has 0 atom stereocenters. The third kappa shape index (κ3) is 4.98. The number of aryl methyl sites for hydroxylation is 3. The number of allylic oxidation sites excluding steroid dienone is 1. The SMILES string of the molecule is CN=C/C(=C\N)c1ccc(-c2c3c(nn2C)CCc2cnc(Nc4cnn(CCN(C)C)c4)nc2-3)cn1. The average Bonchev–Trinajstić information content (AvgIpc) is 3.49. The van der Waals surface area contributed by atoms with Crippen molar-refractivity contribution < 1.29 is 0 Å². The first kappa shape index (κ1) is 24.3. The zero-order valence-corrected chi connectivity index (χ0v) is 21.5. The van der Waals surface area contributed by atoms with E-state index in [4.69, 9.17) is 15.8 Å². The van der Waals surface area contributed by atoms with Crippen LogP contribution in [-0.4, -0.2) is 73.3 Å². The lowest BCUT2D eigenvalue weighted by Gasteiger charge is -2.17. The molecule has 1 aliphatic carbocycles. The van der Waals surface area contributed by atoms with Gasteiger partial charge in [0, 0.05) is 68.3 Å². The predicted molar refractivity (Wildman–Crippen MR) is 146 cm³/mol. The predicted octanol–water partition coefficient (Wildman–Crippen LogP) is 2.54. The summed E-state index contributed by atoms with van der Waals surface area (Å²) in [6, 6.07) is 3.98. The van der Waals surface area contributed by atoms with Gasteiger partial charge in [-0.1, -0.05) is 0 Å². The number of rotatable bonds is 8. The van der Waals surface area contributed by atoms with Crippen LogP contribution in [0.25, 0.3) is 28.1 Å². The van der Waals surface area contributed by atoms with Crippen LogP contribution in [0, 0.1) is 0 Å². The number of nitrogens with two attached hydrogens (primary N) is 1. The van der Waals surface area contributed by atoms with Crippen molar-refractivity contribution in [3.63, 3.8) is 0 Å². The average molecular weight is 498 g/mol. The molecular weight excluding hydrogens is 466 g/mol. The molecule has 0 radical (unpaired) electrons. The zero-order valence-electron chi connectivity index (χ0n) is 21.5. The van der Waals surface area contributed by atoms with Gasteiger partial charge in [0.2, 0.25) is 5.95 Å². The Morgan fingerprint density at radius 1 is 1.19 bits per heavy atom. The van der Waals surface area contributed by atoms with Crippen LogP contribution < -0.4 is 11.1 Å². The first-order valence-corrected chi connectivity index (χ1v) is 12.1. The lowest BCUT2D eigenvalue weighted by atomic mass is 9.91. The van der Waals surface area contributed by atoms with E-state index in [1.807, 2.05) is 61.2 Å². The number of aromatic nitrogens is 7. The summed E-state index contributed by atoms with van der Waals surface area (Å²) in [4.78, 5) is 20.3. The van der Waals surface area contributed by atoms with Crippen molar-refractivity contribution in [2.45, 2.75) is 19.4 Å². The maximum Gasteiger partial charge on any atom is 0.227 e. The van der Waals surface area contributed by atoms with E-state index in [1.54, 1.807) is 19.5 Å². The normalized spacial score (nSPS) is 13.3. The van der Waals surface area contributed by atoms with Gasteiger partial charge in [0.05, 0.1) is 41.2 Å². The van der Waals surface area contributed by atoms with E-state index in [0.29, 0.717) is 5.95 Å². The highest BCUT2D eigenvalue weighted by Crippen LogP contribution is 2.39. The Morgan fingerprint density at radius 3 is 2.78 bits per heavy atom. The smallest absolute Gasteiger partial charge is 0.227 e. The van der Waals surface area contributed by atoms with Crippen molar-refractivity contribution >= 4 is 23.4 Å². The Balaban J connectivity index is 1.47. The molecular formula is C26H31N11. The molecule has 4 aromatic rings. The molecule has 11 nitrogen and oxygen atoms in total. The van der Waals surface area contributed by atoms with Crippen molar-refractivity contribution in [2.75, 3.05) is 33.0 Å². The van der Waals surface area contributed by atoms with Gasteiger partial charge in [-0.05, 0) is 44.6 Å². The van der Waals surface area contributed by atoms with Crippen LogP contribution in [0.15, 0.2) is 48.1 Å². The van der Waals surface area contributed by atoms with Crippen LogP contribution in [0.5, 0.6) is 0 Å². The summed E-state index contributed by atoms with van der Waals surface area (Å²) < 4.78 is 3.82. The highest BCUT2D eigenvalue weighted by Gasteiger charge is 2.27. The molecule has 0 aliphatic heterocycles. The second-order valence-corrected chi connectivity index (χ2v) is 9.22. The molecule has 1 aliphatic rings. The Bertz CT molecular complexity index is 1460. The van der Waals surface area contributed by atoms with Crippen molar-refractivity contribution in [1.29, 1.82) is 0 Å². The van der Waals surface area contributed by atoms with Crippen LogP contribution in [0.1, 0.15) is 17.0 Å². The van der Waals surface area contributed by atoms with Gasteiger partial charge in [-0.25, -0.2) is 9.97 Å². The van der Waals surface area contributed by atoms with Crippen molar-refractivity contribution in [2.24, 2.45) is 17.8 Å². The summed E-state index contributed by atoms with van der Waals surface area (Å²) in [5.74, 6) is 0.526. The Labute approximate surface area is 215 Å². The van der Waals surface area contributed by atoms with Gasteiger partial charge in [-0.3, -0.25) is 19.3 Å². The van der Waals surface area contributed by atoms with Gasteiger partial charge >= 0.3 is 0 Å². The number of aliphatic imine (C=N–C) groups is 1. The molecule has 0 saturated carbocycles. The van der Waals surface area contributed by atoms with Crippen LogP contribution in [-0.2, 0) is 26.4 Å². The quantitative estimate of drug-likeness (QED) is 0.356. The summed E-state index contributed by atoms with van der Waals surface area (Å²) in [6.07, 6.45) is 12.4. The Morgan fingerprint density at radius 2 is 2.05 bits per heavy atom. The first-order valence-electron chi connectivity index (χ1n) is 12.1. The van der Waals surface area contributed by atoms with E-state index in [2.05, 4.69) is 30.3 Å². The minimum atomic E-state index is 0.526. The Kier molecular flexibility index (Phi) is 6.78. The number of fused-ring (bicyclic) bond motifs is 3. The molecule has 4 heterocycles. The molecule has 4 aromatic heterocycles. The van der Waals surface area contributed by atoms with Gasteiger partial charge in [0.25, 0.3) is 0 Å². The number of anilines is 2. The molecule has 0 bridgehead atoms. The number of pyridine rings is 1. The van der Waals surface area contributed by atoms with E-state index < -0.39 is 0 Å². The summed E-state index contributed by atoms with van der Waals surface area (Å²) >= 11 is 0. The Hall–Kier alpha value is -4.38. The van der Waals surface area contributed by atoms with Gasteiger partial charge in [0.15, 0.2) is 0 Å². The molecule has 0 spiro atoms. The van der Waals surface area contributed by atoms with Crippen LogP contribution >= 0.6 is 0 Å². The summed E-state index contributed by atoms with van der Waals surface area (Å²) in [5.41, 5.74) is 14.1. The maximum absolute atomic E-state index is 5.75. The molecule has 37 heavy (non-hydrogen) atoms. The molecule has 0 fully saturated rings. The molecule has 0 amide bonds. The number of hydrogen-bond acceptors (Lipinski definition) is 9. The minimum Gasteiger partial charge on any atom is -0.404 e. The topological polar surface area (TPSA) is 128 Å². The standard InChI is InChI=1S/C26H31N11/c1-28-12-19(11-27)21-7-6-18(14-29-21)25-23-22(34-36(25)4)8-5-17-13-30-26(33-24(17)23)32-20-15-31-37(16-20)10-9-35(2)3/h6-7,11-16H,5,8-10,27H2,1-4H3,(H,30,32,33)/b19-11+,28-12?. The van der Waals surface area contributed by atoms with Crippen molar-refractivity contribution in [3.05, 3.63) is 60.1 Å². The largest absolute Gasteiger partial charge is 0.404 e. The van der Waals surface area contributed by atoms with Gasteiger partial charge in [0.1, 0.15) is 0 Å². The van der Waals surface area contributed by atoms with E-state index >= 15 is 0 Å². The fraction of sp³-hybridized carbons (Fsp3) is 0.308. The van der Waals surface area contributed by atoms with E-state index in [9.17, 15) is 0 Å². The fourth-order valence-corrected chi connectivity index (χ4v) is 4.47. The highest BCUT2D eigenvalue weighted by molar-refractivity contribution is 6.08. The van der Waals surface area contributed by atoms with E-state index in [0.717, 1.165) is 76.7 Å². The number of hydrogen-bond donors (Lipinski definition) is 2. The van der Waals surface area contributed by atoms with Crippen LogP contribution in [0.3, 0.4) is 0 Å². The third-order valence-corrected chi connectivity index (χ3v) is 6.30. The first-order chi connectivity index (χ1) is 18.0. The number of nitrogens with one attached hydrogen (secondary N) is 1. The lowest BCUT2D eigenvalue weighted by Crippen LogP contribution is -2.18. The summed E-state index contributed by atoms with van der Waals surface area (Å²) in [7, 11) is 7.76. The fourth-order valence-electron chi connectivity index (χ4n) is 4.47. The lowest BCUT2D eigenvalue weighted by molar-refractivity contribution is 0.373. The number of likely N-dealkylation sites (N-methyl/N-ethyl adjacent to an activating group) is 1. The highest BCUT2D eigenvalue weighted by atomic mass is 15.3. The molecule has 190 valence electrons. The van der Waals surface area contributed by atoms with Crippen LogP contribution in [0.2, 0.25) is 0 Å². The van der Waals surface area contributed by atoms with Crippen molar-refractivity contribution in [3.8, 4) is 22.5 Å². The summed E-state index contributed by atoms with van der Waals surface area (Å²) in [5, 5.41) is 12.6. The van der Waals surface area contributed by atoms with Gasteiger partial charge in [-0.15, -0.1) is 0 Å². The second kappa shape index (κ2) is 10.3. The van der Waals surface area contributed by atoms with E-state index in [-0.39, 0.29) is 0 Å². The number of nitrogens with zero attached hydrogens (tertiary/aromatic N) is 9. The maximum atomic E-state index is 5.75. The zero-order chi connectivity index (χ0) is 25.9. The minimum absolute atomic E-state index is 0.526. The van der Waals surface area contributed by atoms with Crippen molar-refractivity contribution in [1.82, 2.24) is 39.4 Å². The van der Waals surface area contributed by atoms with E-state index in [1.165, 1.54) is 6.20 Å². The monoisotopic (exact) mass is 497 g/mol. The van der Waals surface area contributed by atoms with Gasteiger partial charge in [-0.2, -0.15) is 10.2 Å². The molecule has 3 N–H and O–H groups in total. The van der Waals surface area contributed by atoms with Crippen LogP contribution in [0.4, 0.5) is 11.6 Å². The molecule has 0 unspecified atom stereocenters. The molecule has 0 saturated heterocycles. The molecule has 5 rings (SSSR count). The summed E-state index contributed by atoms with van der Waals surface area (Å²) in [6.45, 7) is 1.72.